The molecular formula is C17H26ClNO4. The Hall–Kier alpha value is -1.59. The Morgan fingerprint density at radius 3 is 2.22 bits per heavy atom. The maximum atomic E-state index is 12.0. The Morgan fingerprint density at radius 1 is 1.09 bits per heavy atom. The third kappa shape index (κ3) is 8.00. The number of carbonyl (C=O) groups excluding carboxylic acids is 2. The van der Waals surface area contributed by atoms with Crippen molar-refractivity contribution in [1.82, 2.24) is 5.32 Å². The largest absolute Gasteiger partial charge is 0.458 e. The van der Waals surface area contributed by atoms with Crippen LogP contribution in [0.15, 0.2) is 30.3 Å². The van der Waals surface area contributed by atoms with Crippen LogP contribution in [0.25, 0.3) is 0 Å². The molecule has 0 saturated carbocycles. The van der Waals surface area contributed by atoms with Crippen LogP contribution in [0.5, 0.6) is 0 Å². The molecule has 0 heterocycles. The van der Waals surface area contributed by atoms with Crippen LogP contribution in [-0.2, 0) is 25.7 Å². The highest BCUT2D eigenvalue weighted by Gasteiger charge is 2.25. The molecule has 0 aliphatic rings. The van der Waals surface area contributed by atoms with E-state index in [4.69, 9.17) is 9.47 Å². The maximum Gasteiger partial charge on any atom is 0.347 e. The highest BCUT2D eigenvalue weighted by atomic mass is 35.5. The van der Waals surface area contributed by atoms with Crippen molar-refractivity contribution in [2.24, 2.45) is 5.92 Å². The Balaban J connectivity index is 0.00000484. The number of halogens is 1. The first-order valence-electron chi connectivity index (χ1n) is 7.52. The molecule has 0 amide bonds. The van der Waals surface area contributed by atoms with Crippen molar-refractivity contribution in [2.45, 2.75) is 45.9 Å². The summed E-state index contributed by atoms with van der Waals surface area (Å²) in [5, 5.41) is 2.91. The van der Waals surface area contributed by atoms with Gasteiger partial charge in [-0.2, -0.15) is 0 Å². The van der Waals surface area contributed by atoms with E-state index in [1.165, 1.54) is 6.92 Å². The molecule has 0 radical (unpaired) electrons. The first-order valence-corrected chi connectivity index (χ1v) is 7.52. The van der Waals surface area contributed by atoms with Crippen LogP contribution in [0.4, 0.5) is 0 Å². The van der Waals surface area contributed by atoms with E-state index in [1.807, 2.05) is 44.2 Å². The Kier molecular flexibility index (Phi) is 10.3. The van der Waals surface area contributed by atoms with E-state index in [0.717, 1.165) is 5.56 Å². The molecule has 130 valence electrons. The molecule has 1 aromatic rings. The second kappa shape index (κ2) is 11.0. The lowest BCUT2D eigenvalue weighted by Crippen LogP contribution is -2.39. The van der Waals surface area contributed by atoms with Crippen LogP contribution in [-0.4, -0.2) is 31.1 Å². The van der Waals surface area contributed by atoms with Crippen molar-refractivity contribution in [2.75, 3.05) is 7.05 Å². The highest BCUT2D eigenvalue weighted by molar-refractivity contribution is 5.85. The zero-order valence-electron chi connectivity index (χ0n) is 14.1. The first-order chi connectivity index (χ1) is 10.4. The highest BCUT2D eigenvalue weighted by Crippen LogP contribution is 2.09. The fourth-order valence-electron chi connectivity index (χ4n) is 1.95. The Labute approximate surface area is 144 Å². The number of ether oxygens (including phenoxy) is 2. The zero-order valence-corrected chi connectivity index (χ0v) is 14.9. The van der Waals surface area contributed by atoms with E-state index in [0.29, 0.717) is 12.3 Å². The van der Waals surface area contributed by atoms with Gasteiger partial charge in [0.1, 0.15) is 12.6 Å². The number of nitrogens with one attached hydrogen (secondary N) is 1. The van der Waals surface area contributed by atoms with Gasteiger partial charge in [-0.25, -0.2) is 4.79 Å². The van der Waals surface area contributed by atoms with Gasteiger partial charge in [0, 0.05) is 0 Å². The van der Waals surface area contributed by atoms with E-state index in [2.05, 4.69) is 5.32 Å². The average Bonchev–Trinajstić information content (AvgIpc) is 2.50. The molecule has 1 rings (SSSR count). The Bertz CT molecular complexity index is 479. The molecule has 0 aliphatic carbocycles. The second-order valence-corrected chi connectivity index (χ2v) is 5.64. The smallest absolute Gasteiger partial charge is 0.347 e. The normalized spacial score (nSPS) is 12.9. The van der Waals surface area contributed by atoms with E-state index in [-0.39, 0.29) is 19.0 Å². The number of carbonyl (C=O) groups is 2. The zero-order chi connectivity index (χ0) is 16.5. The van der Waals surface area contributed by atoms with Crippen LogP contribution in [0.3, 0.4) is 0 Å². The molecule has 2 unspecified atom stereocenters. The van der Waals surface area contributed by atoms with Gasteiger partial charge in [-0.3, -0.25) is 4.79 Å². The number of rotatable bonds is 8. The van der Waals surface area contributed by atoms with Gasteiger partial charge in [0.05, 0.1) is 0 Å². The summed E-state index contributed by atoms with van der Waals surface area (Å²) in [6.45, 7) is 5.74. The van der Waals surface area contributed by atoms with Gasteiger partial charge < -0.3 is 14.8 Å². The van der Waals surface area contributed by atoms with E-state index in [9.17, 15) is 9.59 Å². The molecule has 6 heteroatoms. The number of benzene rings is 1. The molecule has 1 N–H and O–H groups in total. The van der Waals surface area contributed by atoms with Gasteiger partial charge >= 0.3 is 11.9 Å². The van der Waals surface area contributed by atoms with E-state index >= 15 is 0 Å². The summed E-state index contributed by atoms with van der Waals surface area (Å²) in [4.78, 5) is 23.9. The van der Waals surface area contributed by atoms with Crippen LogP contribution in [0.2, 0.25) is 0 Å². The summed E-state index contributed by atoms with van der Waals surface area (Å²) in [5.41, 5.74) is 0.891. The second-order valence-electron chi connectivity index (χ2n) is 5.64. The molecular weight excluding hydrogens is 318 g/mol. The quantitative estimate of drug-likeness (QED) is 0.735. The molecule has 0 spiro atoms. The summed E-state index contributed by atoms with van der Waals surface area (Å²) in [5.74, 6) is -0.623. The van der Waals surface area contributed by atoms with E-state index in [1.54, 1.807) is 7.05 Å². The van der Waals surface area contributed by atoms with Crippen molar-refractivity contribution in [1.29, 1.82) is 0 Å². The van der Waals surface area contributed by atoms with Crippen LogP contribution < -0.4 is 5.32 Å². The summed E-state index contributed by atoms with van der Waals surface area (Å²) in [6.07, 6.45) is -0.263. The average molecular weight is 344 g/mol. The molecule has 0 aromatic heterocycles. The minimum atomic E-state index is -0.917. The maximum absolute atomic E-state index is 12.0. The summed E-state index contributed by atoms with van der Waals surface area (Å²) >= 11 is 0. The topological polar surface area (TPSA) is 64.6 Å². The molecule has 0 aliphatic heterocycles. The molecule has 23 heavy (non-hydrogen) atoms. The lowest BCUT2D eigenvalue weighted by atomic mass is 10.0. The predicted molar refractivity (Wildman–Crippen MR) is 91.3 cm³/mol. The minimum absolute atomic E-state index is 0. The van der Waals surface area contributed by atoms with Crippen LogP contribution in [0.1, 0.15) is 32.8 Å². The number of hydrogen-bond donors (Lipinski definition) is 1. The number of likely N-dealkylation sites (N-methyl/N-ethyl adjacent to an activating group) is 1. The SMILES string of the molecule is CNC(CC(C)C)C(=O)OC(C)C(=O)OCc1ccccc1.Cl. The van der Waals surface area contributed by atoms with Crippen molar-refractivity contribution < 1.29 is 19.1 Å². The number of hydrogen-bond acceptors (Lipinski definition) is 5. The van der Waals surface area contributed by atoms with Gasteiger partial charge in [0.2, 0.25) is 0 Å². The standard InChI is InChI=1S/C17H25NO4.ClH/c1-12(2)10-15(18-4)17(20)22-13(3)16(19)21-11-14-8-6-5-7-9-14;/h5-9,12-13,15,18H,10-11H2,1-4H3;1H. The van der Waals surface area contributed by atoms with Crippen molar-refractivity contribution in [3.05, 3.63) is 35.9 Å². The monoisotopic (exact) mass is 343 g/mol. The summed E-state index contributed by atoms with van der Waals surface area (Å²) in [7, 11) is 1.70. The van der Waals surface area contributed by atoms with Gasteiger partial charge in [-0.05, 0) is 31.9 Å². The minimum Gasteiger partial charge on any atom is -0.458 e. The van der Waals surface area contributed by atoms with Gasteiger partial charge in [-0.1, -0.05) is 44.2 Å². The lowest BCUT2D eigenvalue weighted by molar-refractivity contribution is -0.168. The summed E-state index contributed by atoms with van der Waals surface area (Å²) < 4.78 is 10.3. The first kappa shape index (κ1) is 21.4. The third-order valence-corrected chi connectivity index (χ3v) is 3.19. The van der Waals surface area contributed by atoms with Crippen molar-refractivity contribution in [3.63, 3.8) is 0 Å². The van der Waals surface area contributed by atoms with E-state index < -0.39 is 24.1 Å². The fourth-order valence-corrected chi connectivity index (χ4v) is 1.95. The van der Waals surface area contributed by atoms with Gasteiger partial charge in [0.25, 0.3) is 0 Å². The van der Waals surface area contributed by atoms with Crippen molar-refractivity contribution in [3.8, 4) is 0 Å². The summed E-state index contributed by atoms with van der Waals surface area (Å²) in [6, 6.07) is 8.95. The molecule has 1 aromatic carbocycles. The molecule has 0 saturated heterocycles. The Morgan fingerprint density at radius 2 is 1.70 bits per heavy atom. The van der Waals surface area contributed by atoms with Crippen LogP contribution in [0, 0.1) is 5.92 Å². The lowest BCUT2D eigenvalue weighted by Gasteiger charge is -2.19. The fraction of sp³-hybridized carbons (Fsp3) is 0.529. The van der Waals surface area contributed by atoms with Crippen molar-refractivity contribution >= 4 is 24.3 Å². The van der Waals surface area contributed by atoms with Crippen LogP contribution >= 0.6 is 12.4 Å². The molecule has 0 fully saturated rings. The number of esters is 2. The third-order valence-electron chi connectivity index (χ3n) is 3.19. The van der Waals surface area contributed by atoms with Gasteiger partial charge in [-0.15, -0.1) is 12.4 Å². The molecule has 2 atom stereocenters. The molecule has 0 bridgehead atoms. The molecule has 5 nitrogen and oxygen atoms in total. The van der Waals surface area contributed by atoms with Gasteiger partial charge in [0.15, 0.2) is 6.10 Å². The predicted octanol–water partition coefficient (Wildman–Crippen LogP) is 2.72.